The van der Waals surface area contributed by atoms with Crippen LogP contribution in [-0.2, 0) is 4.74 Å². The molecule has 1 aromatic carbocycles. The van der Waals surface area contributed by atoms with Crippen LogP contribution in [0.4, 0.5) is 4.39 Å². The minimum atomic E-state index is -0.250. The monoisotopic (exact) mass is 255 g/mol. The van der Waals surface area contributed by atoms with Crippen LogP contribution >= 0.6 is 11.6 Å². The van der Waals surface area contributed by atoms with E-state index < -0.39 is 0 Å². The summed E-state index contributed by atoms with van der Waals surface area (Å²) in [7, 11) is 1.81. The maximum Gasteiger partial charge on any atom is 0.128 e. The number of hydrogen-bond acceptors (Lipinski definition) is 2. The topological polar surface area (TPSA) is 21.3 Å². The van der Waals surface area contributed by atoms with Crippen molar-refractivity contribution in [2.75, 3.05) is 13.7 Å². The van der Waals surface area contributed by atoms with E-state index in [1.165, 1.54) is 6.07 Å². The molecule has 1 atom stereocenters. The zero-order valence-corrected chi connectivity index (χ0v) is 10.4. The Hall–Kier alpha value is -1.06. The molecule has 1 aliphatic rings. The maximum atomic E-state index is 13.8. The fourth-order valence-corrected chi connectivity index (χ4v) is 2.25. The summed E-state index contributed by atoms with van der Waals surface area (Å²) in [5, 5.41) is 3.65. The average Bonchev–Trinajstić information content (AvgIpc) is 2.36. The molecule has 17 heavy (non-hydrogen) atoms. The molecule has 0 aliphatic carbocycles. The third-order valence-corrected chi connectivity index (χ3v) is 3.13. The highest BCUT2D eigenvalue weighted by Gasteiger charge is 2.20. The largest absolute Gasteiger partial charge is 0.501 e. The first-order chi connectivity index (χ1) is 8.22. The molecule has 2 nitrogen and oxygen atoms in total. The fourth-order valence-electron chi connectivity index (χ4n) is 2.07. The zero-order valence-electron chi connectivity index (χ0n) is 9.67. The normalized spacial score (nSPS) is 17.2. The summed E-state index contributed by atoms with van der Waals surface area (Å²) in [6, 6.07) is 4.44. The number of rotatable bonds is 3. The highest BCUT2D eigenvalue weighted by molar-refractivity contribution is 6.30. The molecule has 0 saturated carbocycles. The summed E-state index contributed by atoms with van der Waals surface area (Å²) in [6.07, 6.45) is 3.61. The maximum absolute atomic E-state index is 13.8. The Morgan fingerprint density at radius 1 is 1.47 bits per heavy atom. The summed E-state index contributed by atoms with van der Waals surface area (Å²) in [5.74, 6) is -0.250. The van der Waals surface area contributed by atoms with Gasteiger partial charge in [0.15, 0.2) is 0 Å². The van der Waals surface area contributed by atoms with Gasteiger partial charge in [-0.2, -0.15) is 0 Å². The molecule has 0 fully saturated rings. The Balaban J connectivity index is 2.34. The highest BCUT2D eigenvalue weighted by atomic mass is 35.5. The number of ether oxygens (including phenoxy) is 1. The lowest BCUT2D eigenvalue weighted by Crippen LogP contribution is -2.21. The van der Waals surface area contributed by atoms with Gasteiger partial charge in [-0.3, -0.25) is 0 Å². The summed E-state index contributed by atoms with van der Waals surface area (Å²) in [6.45, 7) is 0.734. The molecule has 1 heterocycles. The Morgan fingerprint density at radius 2 is 2.29 bits per heavy atom. The lowest BCUT2D eigenvalue weighted by molar-refractivity contribution is 0.219. The lowest BCUT2D eigenvalue weighted by Gasteiger charge is -2.23. The van der Waals surface area contributed by atoms with Crippen LogP contribution in [-0.4, -0.2) is 13.7 Å². The highest BCUT2D eigenvalue weighted by Crippen LogP contribution is 2.30. The van der Waals surface area contributed by atoms with E-state index in [0.29, 0.717) is 10.6 Å². The molecule has 0 aromatic heterocycles. The SMILES string of the molecule is CNC(C1=COCCC1)c1cc(Cl)ccc1F. The van der Waals surface area contributed by atoms with Gasteiger partial charge < -0.3 is 10.1 Å². The van der Waals surface area contributed by atoms with Crippen molar-refractivity contribution in [2.45, 2.75) is 18.9 Å². The van der Waals surface area contributed by atoms with Crippen molar-refractivity contribution in [1.29, 1.82) is 0 Å². The summed E-state index contributed by atoms with van der Waals surface area (Å²) >= 11 is 5.91. The van der Waals surface area contributed by atoms with Crippen LogP contribution in [0.1, 0.15) is 24.4 Å². The van der Waals surface area contributed by atoms with Crippen LogP contribution in [0.2, 0.25) is 5.02 Å². The van der Waals surface area contributed by atoms with E-state index in [1.807, 2.05) is 0 Å². The summed E-state index contributed by atoms with van der Waals surface area (Å²) in [4.78, 5) is 0. The predicted octanol–water partition coefficient (Wildman–Crippen LogP) is 3.43. The van der Waals surface area contributed by atoms with Gasteiger partial charge >= 0.3 is 0 Å². The molecule has 1 N–H and O–H groups in total. The van der Waals surface area contributed by atoms with E-state index in [1.54, 1.807) is 25.4 Å². The first-order valence-electron chi connectivity index (χ1n) is 5.65. The van der Waals surface area contributed by atoms with Crippen LogP contribution in [0.15, 0.2) is 30.0 Å². The second-order valence-electron chi connectivity index (χ2n) is 4.05. The van der Waals surface area contributed by atoms with Crippen molar-refractivity contribution < 1.29 is 9.13 Å². The van der Waals surface area contributed by atoms with Crippen molar-refractivity contribution in [3.63, 3.8) is 0 Å². The first-order valence-corrected chi connectivity index (χ1v) is 6.03. The number of hydrogen-bond donors (Lipinski definition) is 1. The fraction of sp³-hybridized carbons (Fsp3) is 0.385. The van der Waals surface area contributed by atoms with E-state index in [4.69, 9.17) is 16.3 Å². The van der Waals surface area contributed by atoms with E-state index in [-0.39, 0.29) is 11.9 Å². The summed E-state index contributed by atoms with van der Waals surface area (Å²) < 4.78 is 19.1. The van der Waals surface area contributed by atoms with Crippen LogP contribution < -0.4 is 5.32 Å². The molecule has 0 bridgehead atoms. The third-order valence-electron chi connectivity index (χ3n) is 2.89. The van der Waals surface area contributed by atoms with Crippen LogP contribution in [0.5, 0.6) is 0 Å². The molecule has 92 valence electrons. The van der Waals surface area contributed by atoms with Crippen LogP contribution in [0, 0.1) is 5.82 Å². The van der Waals surface area contributed by atoms with Gasteiger partial charge in [-0.1, -0.05) is 11.6 Å². The minimum Gasteiger partial charge on any atom is -0.501 e. The molecule has 0 radical (unpaired) electrons. The molecule has 1 unspecified atom stereocenters. The molecule has 1 aromatic rings. The van der Waals surface area contributed by atoms with Crippen LogP contribution in [0.3, 0.4) is 0 Å². The van der Waals surface area contributed by atoms with Gasteiger partial charge in [0.25, 0.3) is 0 Å². The number of nitrogens with one attached hydrogen (secondary N) is 1. The van der Waals surface area contributed by atoms with Gasteiger partial charge in [0, 0.05) is 10.6 Å². The van der Waals surface area contributed by atoms with Gasteiger partial charge in [-0.25, -0.2) is 4.39 Å². The third kappa shape index (κ3) is 2.79. The van der Waals surface area contributed by atoms with Crippen molar-refractivity contribution >= 4 is 11.6 Å². The Bertz CT molecular complexity index is 433. The van der Waals surface area contributed by atoms with Gasteiger partial charge in [0.2, 0.25) is 0 Å². The number of likely N-dealkylation sites (N-methyl/N-ethyl adjacent to an activating group) is 1. The van der Waals surface area contributed by atoms with Crippen LogP contribution in [0.25, 0.3) is 0 Å². The molecular formula is C13H15ClFNO. The zero-order chi connectivity index (χ0) is 12.3. The van der Waals surface area contributed by atoms with Gasteiger partial charge in [-0.05, 0) is 43.7 Å². The Labute approximate surface area is 105 Å². The average molecular weight is 256 g/mol. The number of halogens is 2. The predicted molar refractivity (Wildman–Crippen MR) is 66.5 cm³/mol. The van der Waals surface area contributed by atoms with E-state index in [9.17, 15) is 4.39 Å². The van der Waals surface area contributed by atoms with E-state index >= 15 is 0 Å². The molecule has 0 spiro atoms. The second kappa shape index (κ2) is 5.52. The molecule has 0 saturated heterocycles. The van der Waals surface area contributed by atoms with E-state index in [0.717, 1.165) is 25.0 Å². The van der Waals surface area contributed by atoms with Gasteiger partial charge in [-0.15, -0.1) is 0 Å². The van der Waals surface area contributed by atoms with Crippen molar-refractivity contribution in [1.82, 2.24) is 5.32 Å². The van der Waals surface area contributed by atoms with Crippen molar-refractivity contribution in [3.05, 3.63) is 46.4 Å². The van der Waals surface area contributed by atoms with E-state index in [2.05, 4.69) is 5.32 Å². The standard InChI is InChI=1S/C13H15ClFNO/c1-16-13(9-3-2-6-17-8-9)11-7-10(14)4-5-12(11)15/h4-5,7-8,13,16H,2-3,6H2,1H3. The minimum absolute atomic E-state index is 0.172. The summed E-state index contributed by atoms with van der Waals surface area (Å²) in [5.41, 5.74) is 1.62. The Morgan fingerprint density at radius 3 is 2.94 bits per heavy atom. The molecule has 1 aliphatic heterocycles. The van der Waals surface area contributed by atoms with Gasteiger partial charge in [0.1, 0.15) is 5.82 Å². The Kier molecular flexibility index (Phi) is 4.02. The smallest absolute Gasteiger partial charge is 0.128 e. The second-order valence-corrected chi connectivity index (χ2v) is 4.49. The lowest BCUT2D eigenvalue weighted by atomic mass is 9.95. The quantitative estimate of drug-likeness (QED) is 0.894. The molecule has 2 rings (SSSR count). The molecule has 4 heteroatoms. The van der Waals surface area contributed by atoms with Gasteiger partial charge in [0.05, 0.1) is 18.9 Å². The van der Waals surface area contributed by atoms with Crippen molar-refractivity contribution in [2.24, 2.45) is 0 Å². The first kappa shape index (κ1) is 12.4. The van der Waals surface area contributed by atoms with Crippen molar-refractivity contribution in [3.8, 4) is 0 Å². The molecular weight excluding hydrogens is 241 g/mol. The number of benzene rings is 1. The molecule has 0 amide bonds.